The first-order chi connectivity index (χ1) is 12.8. The van der Waals surface area contributed by atoms with E-state index in [2.05, 4.69) is 26.1 Å². The third-order valence-electron chi connectivity index (χ3n) is 6.27. The first-order valence-electron chi connectivity index (χ1n) is 10.2. The van der Waals surface area contributed by atoms with Crippen LogP contribution in [-0.4, -0.2) is 10.5 Å². The average molecular weight is 367 g/mol. The summed E-state index contributed by atoms with van der Waals surface area (Å²) in [6, 6.07) is 7.56. The molecule has 144 valence electrons. The predicted octanol–water partition coefficient (Wildman–Crippen LogP) is 4.81. The summed E-state index contributed by atoms with van der Waals surface area (Å²) < 4.78 is 1.77. The predicted molar refractivity (Wildman–Crippen MR) is 110 cm³/mol. The van der Waals surface area contributed by atoms with Crippen LogP contribution in [0.4, 0.5) is 5.69 Å². The molecule has 2 unspecified atom stereocenters. The van der Waals surface area contributed by atoms with Crippen LogP contribution in [0.15, 0.2) is 35.3 Å². The van der Waals surface area contributed by atoms with Crippen LogP contribution in [-0.2, 0) is 11.3 Å². The number of benzene rings is 1. The van der Waals surface area contributed by atoms with Crippen molar-refractivity contribution in [3.8, 4) is 0 Å². The van der Waals surface area contributed by atoms with E-state index in [1.807, 2.05) is 30.5 Å². The first kappa shape index (κ1) is 18.3. The van der Waals surface area contributed by atoms with Crippen LogP contribution in [0, 0.1) is 23.2 Å². The lowest BCUT2D eigenvalue weighted by Crippen LogP contribution is -2.26. The minimum Gasteiger partial charge on any atom is -0.326 e. The standard InChI is InChI=1S/C23H30N2O2/c1-23(2,3)14-25-10-9-18-19(22(25)27)5-4-6-20(18)24-21(26)13-17-12-15-7-8-16(17)11-15/h4-6,9-10,15-17H,7-8,11-14H2,1-3H3,(H,24,26)/t15?,16-,17?/m0/s1. The smallest absolute Gasteiger partial charge is 0.258 e. The lowest BCUT2D eigenvalue weighted by Gasteiger charge is -2.21. The summed E-state index contributed by atoms with van der Waals surface area (Å²) in [7, 11) is 0. The number of rotatable bonds is 4. The normalized spacial score (nSPS) is 24.5. The average Bonchev–Trinajstić information content (AvgIpc) is 3.19. The topological polar surface area (TPSA) is 51.1 Å². The van der Waals surface area contributed by atoms with E-state index >= 15 is 0 Å². The van der Waals surface area contributed by atoms with E-state index < -0.39 is 0 Å². The van der Waals surface area contributed by atoms with E-state index in [9.17, 15) is 9.59 Å². The lowest BCUT2D eigenvalue weighted by atomic mass is 9.86. The Kier molecular flexibility index (Phi) is 4.61. The molecule has 2 aliphatic carbocycles. The summed E-state index contributed by atoms with van der Waals surface area (Å²) in [5.41, 5.74) is 0.788. The SMILES string of the molecule is CC(C)(C)Cn1ccc2c(NC(=O)CC3CC4CC[C@H]3C4)cccc2c1=O. The number of aromatic nitrogens is 1. The van der Waals surface area contributed by atoms with E-state index in [0.717, 1.165) is 22.9 Å². The Bertz CT molecular complexity index is 922. The van der Waals surface area contributed by atoms with Crippen LogP contribution < -0.4 is 10.9 Å². The minimum absolute atomic E-state index is 0.00614. The number of nitrogens with zero attached hydrogens (tertiary/aromatic N) is 1. The highest BCUT2D eigenvalue weighted by molar-refractivity contribution is 6.01. The molecule has 2 fully saturated rings. The van der Waals surface area contributed by atoms with Crippen LogP contribution in [0.1, 0.15) is 52.9 Å². The molecule has 1 N–H and O–H groups in total. The van der Waals surface area contributed by atoms with E-state index in [-0.39, 0.29) is 16.9 Å². The largest absolute Gasteiger partial charge is 0.326 e. The van der Waals surface area contributed by atoms with Crippen molar-refractivity contribution in [3.05, 3.63) is 40.8 Å². The molecular formula is C23H30N2O2. The third-order valence-corrected chi connectivity index (χ3v) is 6.27. The Morgan fingerprint density at radius 3 is 2.63 bits per heavy atom. The molecule has 4 rings (SSSR count). The van der Waals surface area contributed by atoms with Crippen molar-refractivity contribution in [1.82, 2.24) is 4.57 Å². The molecular weight excluding hydrogens is 336 g/mol. The Balaban J connectivity index is 1.54. The molecule has 1 heterocycles. The van der Waals surface area contributed by atoms with Gasteiger partial charge in [0.25, 0.3) is 5.56 Å². The molecule has 0 saturated heterocycles. The second-order valence-corrected chi connectivity index (χ2v) is 9.76. The van der Waals surface area contributed by atoms with Gasteiger partial charge in [0.15, 0.2) is 0 Å². The third kappa shape index (κ3) is 3.80. The van der Waals surface area contributed by atoms with Crippen LogP contribution in [0.3, 0.4) is 0 Å². The zero-order valence-electron chi connectivity index (χ0n) is 16.6. The summed E-state index contributed by atoms with van der Waals surface area (Å²) in [5.74, 6) is 2.23. The summed E-state index contributed by atoms with van der Waals surface area (Å²) in [6.07, 6.45) is 7.64. The Labute approximate surface area is 161 Å². The number of fused-ring (bicyclic) bond motifs is 3. The van der Waals surface area contributed by atoms with Gasteiger partial charge in [-0.05, 0) is 60.6 Å². The van der Waals surface area contributed by atoms with Crippen LogP contribution in [0.2, 0.25) is 0 Å². The number of pyridine rings is 1. The van der Waals surface area contributed by atoms with Gasteiger partial charge in [0.2, 0.25) is 5.91 Å². The molecule has 0 spiro atoms. The zero-order valence-corrected chi connectivity index (χ0v) is 16.6. The van der Waals surface area contributed by atoms with Crippen molar-refractivity contribution in [2.24, 2.45) is 23.2 Å². The number of anilines is 1. The van der Waals surface area contributed by atoms with Crippen LogP contribution >= 0.6 is 0 Å². The number of hydrogen-bond donors (Lipinski definition) is 1. The summed E-state index contributed by atoms with van der Waals surface area (Å²) in [6.45, 7) is 7.03. The molecule has 1 amide bonds. The molecule has 2 aliphatic rings. The van der Waals surface area contributed by atoms with Crippen LogP contribution in [0.5, 0.6) is 0 Å². The number of carbonyl (C=O) groups is 1. The number of amides is 1. The maximum Gasteiger partial charge on any atom is 0.258 e. The van der Waals surface area contributed by atoms with Crippen molar-refractivity contribution < 1.29 is 4.79 Å². The van der Waals surface area contributed by atoms with Gasteiger partial charge in [-0.3, -0.25) is 9.59 Å². The summed E-state index contributed by atoms with van der Waals surface area (Å²) in [4.78, 5) is 25.5. The van der Waals surface area contributed by atoms with Crippen LogP contribution in [0.25, 0.3) is 10.8 Å². The van der Waals surface area contributed by atoms with Crippen molar-refractivity contribution in [1.29, 1.82) is 0 Å². The van der Waals surface area contributed by atoms with Crippen molar-refractivity contribution >= 4 is 22.4 Å². The summed E-state index contributed by atoms with van der Waals surface area (Å²) >= 11 is 0. The molecule has 0 radical (unpaired) electrons. The van der Waals surface area contributed by atoms with Gasteiger partial charge >= 0.3 is 0 Å². The van der Waals surface area contributed by atoms with Gasteiger partial charge in [-0.2, -0.15) is 0 Å². The Morgan fingerprint density at radius 1 is 1.15 bits per heavy atom. The van der Waals surface area contributed by atoms with Gasteiger partial charge in [-0.15, -0.1) is 0 Å². The number of carbonyl (C=O) groups excluding carboxylic acids is 1. The van der Waals surface area contributed by atoms with E-state index in [1.54, 1.807) is 4.57 Å². The molecule has 2 aromatic rings. The monoisotopic (exact) mass is 366 g/mol. The van der Waals surface area contributed by atoms with E-state index in [1.165, 1.54) is 25.7 Å². The van der Waals surface area contributed by atoms with Crippen molar-refractivity contribution in [3.63, 3.8) is 0 Å². The molecule has 3 atom stereocenters. The highest BCUT2D eigenvalue weighted by Gasteiger charge is 2.40. The molecule has 1 aromatic heterocycles. The van der Waals surface area contributed by atoms with Gasteiger partial charge < -0.3 is 9.88 Å². The fraction of sp³-hybridized carbons (Fsp3) is 0.565. The van der Waals surface area contributed by atoms with Gasteiger partial charge in [0.1, 0.15) is 0 Å². The highest BCUT2D eigenvalue weighted by Crippen LogP contribution is 2.49. The second kappa shape index (κ2) is 6.81. The maximum absolute atomic E-state index is 12.9. The molecule has 27 heavy (non-hydrogen) atoms. The Morgan fingerprint density at radius 2 is 1.96 bits per heavy atom. The molecule has 2 bridgehead atoms. The lowest BCUT2D eigenvalue weighted by molar-refractivity contribution is -0.117. The van der Waals surface area contributed by atoms with E-state index in [0.29, 0.717) is 24.3 Å². The van der Waals surface area contributed by atoms with Crippen molar-refractivity contribution in [2.45, 2.75) is 59.4 Å². The molecule has 2 saturated carbocycles. The van der Waals surface area contributed by atoms with Gasteiger partial charge in [-0.25, -0.2) is 0 Å². The zero-order chi connectivity index (χ0) is 19.2. The van der Waals surface area contributed by atoms with Gasteiger partial charge in [0, 0.05) is 35.6 Å². The van der Waals surface area contributed by atoms with Gasteiger partial charge in [-0.1, -0.05) is 33.3 Å². The first-order valence-corrected chi connectivity index (χ1v) is 10.2. The minimum atomic E-state index is 0.00614. The van der Waals surface area contributed by atoms with Gasteiger partial charge in [0.05, 0.1) is 0 Å². The quantitative estimate of drug-likeness (QED) is 0.844. The fourth-order valence-electron chi connectivity index (χ4n) is 5.13. The van der Waals surface area contributed by atoms with Crippen molar-refractivity contribution in [2.75, 3.05) is 5.32 Å². The molecule has 1 aromatic carbocycles. The number of nitrogens with one attached hydrogen (secondary N) is 1. The maximum atomic E-state index is 12.9. The highest BCUT2D eigenvalue weighted by atomic mass is 16.1. The molecule has 0 aliphatic heterocycles. The molecule has 4 heteroatoms. The Hall–Kier alpha value is -2.10. The second-order valence-electron chi connectivity index (χ2n) is 9.76. The molecule has 4 nitrogen and oxygen atoms in total. The summed E-state index contributed by atoms with van der Waals surface area (Å²) in [5, 5.41) is 4.57. The fourth-order valence-corrected chi connectivity index (χ4v) is 5.13. The van der Waals surface area contributed by atoms with E-state index in [4.69, 9.17) is 0 Å². The number of hydrogen-bond acceptors (Lipinski definition) is 2.